The maximum Gasteiger partial charge on any atom is 0.406 e. The molecule has 2 unspecified atom stereocenters. The van der Waals surface area contributed by atoms with E-state index in [1.807, 2.05) is 59.1 Å². The van der Waals surface area contributed by atoms with Crippen molar-refractivity contribution in [3.05, 3.63) is 72.3 Å². The Morgan fingerprint density at radius 3 is 2.86 bits per heavy atom. The largest absolute Gasteiger partial charge is 0.489 e. The number of nitrogens with zero attached hydrogens (tertiary/aromatic N) is 4. The van der Waals surface area contributed by atoms with Crippen LogP contribution in [-0.2, 0) is 11.3 Å². The number of methoxy groups -OCH3 is 1. The van der Waals surface area contributed by atoms with Crippen molar-refractivity contribution in [2.24, 2.45) is 5.92 Å². The fourth-order valence-electron chi connectivity index (χ4n) is 4.71. The Hall–Kier alpha value is -4.14. The second-order valence-corrected chi connectivity index (χ2v) is 8.77. The number of rotatable bonds is 7. The molecule has 2 aromatic carbocycles. The summed E-state index contributed by atoms with van der Waals surface area (Å²) in [5.41, 5.74) is 9.72. The lowest BCUT2D eigenvalue weighted by atomic mass is 10.0. The van der Waals surface area contributed by atoms with Crippen molar-refractivity contribution in [1.82, 2.24) is 24.9 Å². The molecule has 0 bridgehead atoms. The van der Waals surface area contributed by atoms with Crippen LogP contribution in [0.25, 0.3) is 16.8 Å². The van der Waals surface area contributed by atoms with E-state index < -0.39 is 6.09 Å². The highest BCUT2D eigenvalue weighted by atomic mass is 16.5. The number of nitrogens with one attached hydrogen (secondary N) is 1. The highest BCUT2D eigenvalue weighted by Crippen LogP contribution is 2.40. The first kappa shape index (κ1) is 22.6. The lowest BCUT2D eigenvalue weighted by molar-refractivity contribution is 0.169. The quantitative estimate of drug-likeness (QED) is 0.414. The summed E-state index contributed by atoms with van der Waals surface area (Å²) in [4.78, 5) is 20.7. The molecule has 0 spiro atoms. The van der Waals surface area contributed by atoms with Gasteiger partial charge in [0, 0.05) is 18.0 Å². The average molecular weight is 473 g/mol. The summed E-state index contributed by atoms with van der Waals surface area (Å²) in [5, 5.41) is 7.29. The summed E-state index contributed by atoms with van der Waals surface area (Å²) >= 11 is 0. The average Bonchev–Trinajstić information content (AvgIpc) is 3.52. The van der Waals surface area contributed by atoms with Gasteiger partial charge in [-0.2, -0.15) is 5.10 Å². The van der Waals surface area contributed by atoms with E-state index in [2.05, 4.69) is 20.1 Å². The fraction of sp³-hybridized carbons (Fsp3) is 0.308. The molecular weight excluding hydrogens is 444 g/mol. The first-order valence-electron chi connectivity index (χ1n) is 11.7. The summed E-state index contributed by atoms with van der Waals surface area (Å²) in [6.07, 6.45) is 3.89. The Balaban J connectivity index is 1.41. The topological polar surface area (TPSA) is 117 Å². The van der Waals surface area contributed by atoms with Crippen molar-refractivity contribution < 1.29 is 14.3 Å². The summed E-state index contributed by atoms with van der Waals surface area (Å²) in [5.74, 6) is 2.54. The van der Waals surface area contributed by atoms with Crippen molar-refractivity contribution >= 4 is 17.4 Å². The number of aromatic nitrogens is 4. The lowest BCUT2D eigenvalue weighted by Crippen LogP contribution is -2.28. The molecule has 2 atom stereocenters. The molecule has 0 saturated heterocycles. The molecule has 2 aromatic heterocycles. The number of ether oxygens (including phenoxy) is 2. The van der Waals surface area contributed by atoms with E-state index in [0.29, 0.717) is 30.4 Å². The summed E-state index contributed by atoms with van der Waals surface area (Å²) in [6, 6.07) is 17.9. The van der Waals surface area contributed by atoms with Crippen LogP contribution < -0.4 is 15.8 Å². The molecule has 0 radical (unpaired) electrons. The molecule has 1 aliphatic carbocycles. The van der Waals surface area contributed by atoms with Crippen LogP contribution in [0.15, 0.2) is 60.9 Å². The van der Waals surface area contributed by atoms with Gasteiger partial charge in [0.15, 0.2) is 5.82 Å². The maximum absolute atomic E-state index is 11.5. The van der Waals surface area contributed by atoms with Gasteiger partial charge in [0.05, 0.1) is 7.11 Å². The van der Waals surface area contributed by atoms with Crippen LogP contribution in [-0.4, -0.2) is 39.3 Å². The highest BCUT2D eigenvalue weighted by molar-refractivity contribution is 5.85. The number of amides is 1. The van der Waals surface area contributed by atoms with Crippen molar-refractivity contribution in [2.45, 2.75) is 31.8 Å². The van der Waals surface area contributed by atoms with Gasteiger partial charge >= 0.3 is 6.09 Å². The minimum Gasteiger partial charge on any atom is -0.489 e. The van der Waals surface area contributed by atoms with Gasteiger partial charge in [-0.3, -0.25) is 0 Å². The van der Waals surface area contributed by atoms with E-state index in [4.69, 9.17) is 15.5 Å². The molecule has 9 heteroatoms. The Morgan fingerprint density at radius 2 is 2.03 bits per heavy atom. The minimum absolute atomic E-state index is 0.201. The second-order valence-electron chi connectivity index (χ2n) is 8.77. The number of hydrogen-bond acceptors (Lipinski definition) is 7. The minimum atomic E-state index is -0.406. The predicted octanol–water partition coefficient (Wildman–Crippen LogP) is 4.19. The number of imidazole rings is 1. The van der Waals surface area contributed by atoms with Crippen LogP contribution in [0.4, 0.5) is 10.6 Å². The van der Waals surface area contributed by atoms with E-state index in [1.165, 1.54) is 13.4 Å². The van der Waals surface area contributed by atoms with Crippen LogP contribution in [0, 0.1) is 5.92 Å². The maximum atomic E-state index is 11.5. The molecule has 5 rings (SSSR count). The predicted molar refractivity (Wildman–Crippen MR) is 132 cm³/mol. The molecule has 9 nitrogen and oxygen atoms in total. The van der Waals surface area contributed by atoms with Crippen LogP contribution in [0.1, 0.15) is 36.6 Å². The Bertz CT molecular complexity index is 1320. The second kappa shape index (κ2) is 10.0. The zero-order valence-electron chi connectivity index (χ0n) is 19.6. The molecule has 2 heterocycles. The van der Waals surface area contributed by atoms with E-state index >= 15 is 0 Å². The Morgan fingerprint density at radius 1 is 1.17 bits per heavy atom. The van der Waals surface area contributed by atoms with Gasteiger partial charge in [0.2, 0.25) is 0 Å². The van der Waals surface area contributed by atoms with Gasteiger partial charge in [-0.15, -0.1) is 0 Å². The number of nitrogen functional groups attached to an aromatic ring is 1. The SMILES string of the molecule is COC(=O)NCC1CCC(c2nc(-c3cccc(OCc4ccccc4)c3)c3c(N)ncnn23)C1. The summed E-state index contributed by atoms with van der Waals surface area (Å²) < 4.78 is 12.5. The van der Waals surface area contributed by atoms with Crippen LogP contribution in [0.2, 0.25) is 0 Å². The van der Waals surface area contributed by atoms with Crippen molar-refractivity contribution in [3.63, 3.8) is 0 Å². The highest BCUT2D eigenvalue weighted by Gasteiger charge is 2.31. The van der Waals surface area contributed by atoms with Crippen LogP contribution >= 0.6 is 0 Å². The molecular formula is C26H28N6O3. The molecule has 0 aliphatic heterocycles. The number of hydrogen-bond donors (Lipinski definition) is 2. The number of carbonyl (C=O) groups is 1. The van der Waals surface area contributed by atoms with Gasteiger partial charge in [-0.25, -0.2) is 19.3 Å². The van der Waals surface area contributed by atoms with E-state index in [1.54, 1.807) is 0 Å². The van der Waals surface area contributed by atoms with Crippen molar-refractivity contribution in [2.75, 3.05) is 19.4 Å². The van der Waals surface area contributed by atoms with Gasteiger partial charge in [-0.1, -0.05) is 42.5 Å². The number of fused-ring (bicyclic) bond motifs is 1. The molecule has 35 heavy (non-hydrogen) atoms. The number of benzene rings is 2. The zero-order valence-corrected chi connectivity index (χ0v) is 19.6. The molecule has 3 N–H and O–H groups in total. The van der Waals surface area contributed by atoms with Crippen molar-refractivity contribution in [3.8, 4) is 17.0 Å². The standard InChI is InChI=1S/C26H28N6O3/c1-34-26(33)28-14-18-10-11-20(12-18)25-31-22(23-24(27)29-16-30-32(23)25)19-8-5-9-21(13-19)35-15-17-6-3-2-4-7-17/h2-9,13,16,18,20H,10-12,14-15H2,1H3,(H,28,33)(H2,27,29,30). The van der Waals surface area contributed by atoms with E-state index in [9.17, 15) is 4.79 Å². The summed E-state index contributed by atoms with van der Waals surface area (Å²) in [6.45, 7) is 1.06. The monoisotopic (exact) mass is 472 g/mol. The molecule has 180 valence electrons. The molecule has 4 aromatic rings. The molecule has 1 aliphatic rings. The van der Waals surface area contributed by atoms with Gasteiger partial charge in [0.1, 0.15) is 35.7 Å². The Labute approximate surface area is 203 Å². The number of anilines is 1. The third-order valence-electron chi connectivity index (χ3n) is 6.47. The molecule has 1 amide bonds. The first-order valence-corrected chi connectivity index (χ1v) is 11.7. The zero-order chi connectivity index (χ0) is 24.2. The van der Waals surface area contributed by atoms with Gasteiger partial charge in [-0.05, 0) is 42.9 Å². The molecule has 1 saturated carbocycles. The smallest absolute Gasteiger partial charge is 0.406 e. The normalized spacial score (nSPS) is 17.4. The third-order valence-corrected chi connectivity index (χ3v) is 6.47. The van der Waals surface area contributed by atoms with Gasteiger partial charge in [0.25, 0.3) is 0 Å². The third kappa shape index (κ3) is 4.89. The number of alkyl carbamates (subject to hydrolysis) is 1. The van der Waals surface area contributed by atoms with Crippen molar-refractivity contribution in [1.29, 1.82) is 0 Å². The molecule has 1 fully saturated rings. The number of nitrogens with two attached hydrogens (primary N) is 1. The van der Waals surface area contributed by atoms with Crippen LogP contribution in [0.5, 0.6) is 5.75 Å². The number of carbonyl (C=O) groups excluding carboxylic acids is 1. The van der Waals surface area contributed by atoms with Crippen LogP contribution in [0.3, 0.4) is 0 Å². The lowest BCUT2D eigenvalue weighted by Gasteiger charge is -2.11. The Kier molecular flexibility index (Phi) is 6.47. The van der Waals surface area contributed by atoms with Gasteiger partial charge < -0.3 is 20.5 Å². The van der Waals surface area contributed by atoms with E-state index in [0.717, 1.165) is 47.7 Å². The fourth-order valence-corrected chi connectivity index (χ4v) is 4.71. The summed E-state index contributed by atoms with van der Waals surface area (Å²) in [7, 11) is 1.37. The van der Waals surface area contributed by atoms with E-state index in [-0.39, 0.29) is 5.92 Å². The first-order chi connectivity index (χ1) is 17.1.